The van der Waals surface area contributed by atoms with Crippen molar-refractivity contribution in [2.24, 2.45) is 5.92 Å². The molecule has 0 aromatic heterocycles. The van der Waals surface area contributed by atoms with Gasteiger partial charge >= 0.3 is 0 Å². The molecular formula is C19H43N3. The Bertz CT molecular complexity index is 263. The van der Waals surface area contributed by atoms with Crippen LogP contribution in [-0.4, -0.2) is 61.2 Å². The van der Waals surface area contributed by atoms with Gasteiger partial charge < -0.3 is 5.32 Å². The van der Waals surface area contributed by atoms with Gasteiger partial charge in [0.2, 0.25) is 0 Å². The van der Waals surface area contributed by atoms with Crippen molar-refractivity contribution in [1.82, 2.24) is 15.1 Å². The molecule has 0 amide bonds. The Morgan fingerprint density at radius 1 is 1.09 bits per heavy atom. The van der Waals surface area contributed by atoms with Crippen LogP contribution in [-0.2, 0) is 0 Å². The van der Waals surface area contributed by atoms with Crippen LogP contribution in [0.1, 0.15) is 67.7 Å². The maximum Gasteiger partial charge on any atom is 0.0280 e. The van der Waals surface area contributed by atoms with Crippen molar-refractivity contribution in [3.05, 3.63) is 0 Å². The molecular weight excluding hydrogens is 270 g/mol. The summed E-state index contributed by atoms with van der Waals surface area (Å²) in [5, 5.41) is 3.31. The Hall–Kier alpha value is -0.120. The average Bonchev–Trinajstić information content (AvgIpc) is 2.48. The minimum atomic E-state index is 0.314. The van der Waals surface area contributed by atoms with Crippen molar-refractivity contribution in [2.45, 2.75) is 79.3 Å². The first kappa shape index (κ1) is 21.9. The maximum atomic E-state index is 3.31. The molecule has 1 fully saturated rings. The Labute approximate surface area is 140 Å². The zero-order valence-electron chi connectivity index (χ0n) is 16.7. The Balaban J connectivity index is 0.00000211. The van der Waals surface area contributed by atoms with Gasteiger partial charge in [-0.2, -0.15) is 0 Å². The number of hydrogen-bond acceptors (Lipinski definition) is 3. The van der Waals surface area contributed by atoms with E-state index in [-0.39, 0.29) is 0 Å². The highest BCUT2D eigenvalue weighted by atomic mass is 15.3. The monoisotopic (exact) mass is 313 g/mol. The Morgan fingerprint density at radius 2 is 1.73 bits per heavy atom. The summed E-state index contributed by atoms with van der Waals surface area (Å²) in [4.78, 5) is 5.36. The van der Waals surface area contributed by atoms with Crippen LogP contribution < -0.4 is 5.32 Å². The van der Waals surface area contributed by atoms with Crippen LogP contribution in [0, 0.1) is 5.92 Å². The van der Waals surface area contributed by atoms with Crippen molar-refractivity contribution in [3.63, 3.8) is 0 Å². The van der Waals surface area contributed by atoms with Crippen LogP contribution in [0.5, 0.6) is 0 Å². The third-order valence-corrected chi connectivity index (χ3v) is 4.81. The number of nitrogens with one attached hydrogen (secondary N) is 1. The first-order valence-corrected chi connectivity index (χ1v) is 9.54. The summed E-state index contributed by atoms with van der Waals surface area (Å²) < 4.78 is 0. The fourth-order valence-corrected chi connectivity index (χ4v) is 3.40. The van der Waals surface area contributed by atoms with Gasteiger partial charge in [0.25, 0.3) is 0 Å². The minimum absolute atomic E-state index is 0.314. The van der Waals surface area contributed by atoms with E-state index in [4.69, 9.17) is 0 Å². The van der Waals surface area contributed by atoms with Gasteiger partial charge in [-0.25, -0.2) is 0 Å². The summed E-state index contributed by atoms with van der Waals surface area (Å²) >= 11 is 0. The maximum absolute atomic E-state index is 3.31. The first-order chi connectivity index (χ1) is 10.4. The largest absolute Gasteiger partial charge is 0.320 e. The van der Waals surface area contributed by atoms with E-state index in [9.17, 15) is 0 Å². The number of nitrogens with zero attached hydrogens (tertiary/aromatic N) is 2. The van der Waals surface area contributed by atoms with Gasteiger partial charge in [-0.3, -0.25) is 9.80 Å². The van der Waals surface area contributed by atoms with Crippen molar-refractivity contribution in [3.8, 4) is 0 Å². The normalized spacial score (nSPS) is 20.6. The fourth-order valence-electron chi connectivity index (χ4n) is 3.40. The number of piperazine rings is 1. The molecule has 1 saturated heterocycles. The summed E-state index contributed by atoms with van der Waals surface area (Å²) in [6.45, 7) is 21.9. The average molecular weight is 314 g/mol. The molecule has 1 aliphatic heterocycles. The molecule has 1 aliphatic rings. The topological polar surface area (TPSA) is 18.5 Å². The predicted octanol–water partition coefficient (Wildman–Crippen LogP) is 3.84. The van der Waals surface area contributed by atoms with Crippen LogP contribution >= 0.6 is 0 Å². The summed E-state index contributed by atoms with van der Waals surface area (Å²) in [6, 6.07) is 0.673. The molecule has 3 heteroatoms. The molecule has 1 heterocycles. The zero-order chi connectivity index (χ0) is 17.2. The van der Waals surface area contributed by atoms with Crippen molar-refractivity contribution in [2.75, 3.05) is 39.8 Å². The quantitative estimate of drug-likeness (QED) is 0.734. The lowest BCUT2D eigenvalue weighted by Gasteiger charge is -2.49. The molecule has 1 atom stereocenters. The summed E-state index contributed by atoms with van der Waals surface area (Å²) in [5.74, 6) is 0.845. The van der Waals surface area contributed by atoms with E-state index in [0.29, 0.717) is 11.6 Å². The van der Waals surface area contributed by atoms with Crippen LogP contribution in [0.25, 0.3) is 0 Å². The van der Waals surface area contributed by atoms with Crippen molar-refractivity contribution >= 4 is 0 Å². The van der Waals surface area contributed by atoms with Crippen LogP contribution in [0.2, 0.25) is 0 Å². The van der Waals surface area contributed by atoms with Crippen LogP contribution in [0.15, 0.2) is 0 Å². The van der Waals surface area contributed by atoms with E-state index < -0.39 is 0 Å². The summed E-state index contributed by atoms with van der Waals surface area (Å²) in [5.41, 5.74) is 0.314. The Kier molecular flexibility index (Phi) is 11.4. The van der Waals surface area contributed by atoms with E-state index in [1.54, 1.807) is 0 Å². The molecule has 0 aromatic carbocycles. The second kappa shape index (κ2) is 11.4. The third-order valence-electron chi connectivity index (χ3n) is 4.81. The van der Waals surface area contributed by atoms with E-state index >= 15 is 0 Å². The van der Waals surface area contributed by atoms with E-state index in [1.165, 1.54) is 45.4 Å². The molecule has 134 valence electrons. The predicted molar refractivity (Wildman–Crippen MR) is 101 cm³/mol. The molecule has 0 aromatic rings. The smallest absolute Gasteiger partial charge is 0.0280 e. The lowest BCUT2D eigenvalue weighted by atomic mass is 9.92. The molecule has 0 aliphatic carbocycles. The Morgan fingerprint density at radius 3 is 2.18 bits per heavy atom. The van der Waals surface area contributed by atoms with Gasteiger partial charge in [0, 0.05) is 37.8 Å². The zero-order valence-corrected chi connectivity index (χ0v) is 16.7. The number of rotatable bonds is 8. The standard InChI is InChI=1S/C17H37N3.C2H6/c1-7-8-16(9-10-18-6)13-20-12-11-19(15(2)3)14-17(20,4)5;1-2/h15-16,18H,7-14H2,1-6H3;1-2H3. The molecule has 3 nitrogen and oxygen atoms in total. The van der Waals surface area contributed by atoms with Gasteiger partial charge in [-0.05, 0) is 60.0 Å². The van der Waals surface area contributed by atoms with E-state index in [2.05, 4.69) is 56.8 Å². The van der Waals surface area contributed by atoms with Gasteiger partial charge in [0.15, 0.2) is 0 Å². The van der Waals surface area contributed by atoms with Crippen LogP contribution in [0.3, 0.4) is 0 Å². The first-order valence-electron chi connectivity index (χ1n) is 9.54. The lowest BCUT2D eigenvalue weighted by molar-refractivity contribution is -0.00448. The van der Waals surface area contributed by atoms with E-state index in [1.807, 2.05) is 13.8 Å². The molecule has 0 spiro atoms. The second-order valence-corrected chi connectivity index (χ2v) is 7.37. The van der Waals surface area contributed by atoms with Crippen LogP contribution in [0.4, 0.5) is 0 Å². The van der Waals surface area contributed by atoms with E-state index in [0.717, 1.165) is 12.5 Å². The molecule has 1 rings (SSSR count). The molecule has 0 radical (unpaired) electrons. The molecule has 1 unspecified atom stereocenters. The van der Waals surface area contributed by atoms with Gasteiger partial charge in [0.05, 0.1) is 0 Å². The molecule has 0 saturated carbocycles. The highest BCUT2D eigenvalue weighted by Crippen LogP contribution is 2.25. The second-order valence-electron chi connectivity index (χ2n) is 7.37. The van der Waals surface area contributed by atoms with Gasteiger partial charge in [-0.15, -0.1) is 0 Å². The molecule has 0 bridgehead atoms. The summed E-state index contributed by atoms with van der Waals surface area (Å²) in [6.07, 6.45) is 3.98. The SMILES string of the molecule is CC.CCCC(CCNC)CN1CCN(C(C)C)CC1(C)C. The molecule has 1 N–H and O–H groups in total. The fraction of sp³-hybridized carbons (Fsp3) is 1.00. The van der Waals surface area contributed by atoms with Gasteiger partial charge in [0.1, 0.15) is 0 Å². The third kappa shape index (κ3) is 7.43. The lowest BCUT2D eigenvalue weighted by Crippen LogP contribution is -2.61. The minimum Gasteiger partial charge on any atom is -0.320 e. The summed E-state index contributed by atoms with van der Waals surface area (Å²) in [7, 11) is 2.06. The highest BCUT2D eigenvalue weighted by Gasteiger charge is 2.35. The van der Waals surface area contributed by atoms with Gasteiger partial charge in [-0.1, -0.05) is 27.2 Å². The molecule has 22 heavy (non-hydrogen) atoms. The highest BCUT2D eigenvalue weighted by molar-refractivity contribution is 4.91. The number of hydrogen-bond donors (Lipinski definition) is 1. The van der Waals surface area contributed by atoms with Crippen molar-refractivity contribution in [1.29, 1.82) is 0 Å². The van der Waals surface area contributed by atoms with Crippen molar-refractivity contribution < 1.29 is 0 Å².